The van der Waals surface area contributed by atoms with Crippen LogP contribution in [0.3, 0.4) is 0 Å². The predicted molar refractivity (Wildman–Crippen MR) is 167 cm³/mol. The largest absolute Gasteiger partial charge is 0.496 e. The van der Waals surface area contributed by atoms with Gasteiger partial charge in [0.1, 0.15) is 23.7 Å². The Hall–Kier alpha value is -4.80. The van der Waals surface area contributed by atoms with Crippen molar-refractivity contribution in [3.05, 3.63) is 90.1 Å². The Morgan fingerprint density at radius 3 is 2.53 bits per heavy atom. The fourth-order valence-electron chi connectivity index (χ4n) is 5.90. The van der Waals surface area contributed by atoms with Crippen molar-refractivity contribution >= 4 is 22.4 Å². The number of benzene rings is 3. The number of aromatic nitrogens is 1. The number of ketones is 1. The molecular formula is C36H33N3O4. The van der Waals surface area contributed by atoms with Crippen LogP contribution >= 0.6 is 0 Å². The summed E-state index contributed by atoms with van der Waals surface area (Å²) in [5.74, 6) is 0.870. The van der Waals surface area contributed by atoms with Gasteiger partial charge in [-0.1, -0.05) is 36.4 Å². The molecule has 2 heterocycles. The standard InChI is InChI=1S/C36H33N3O4/c1-41-34-21-26(36(40)35(38)23-5-3-2-4-6-23)8-10-30(34)25-7-11-31-29(13-16-39-32(31)20-25)24-9-12-33(27(19-24)22-37)43-28-14-17-42-18-15-28/h2-3,7-13,16,19-21,23,28,38H,4-6,14-15,17-18H2,1H3. The number of nitrogens with one attached hydrogen (secondary N) is 1. The van der Waals surface area contributed by atoms with Gasteiger partial charge in [0.25, 0.3) is 0 Å². The van der Waals surface area contributed by atoms with Crippen LogP contribution in [0.5, 0.6) is 11.5 Å². The number of carbonyl (C=O) groups excluding carboxylic acids is 1. The van der Waals surface area contributed by atoms with Crippen molar-refractivity contribution in [2.75, 3.05) is 20.3 Å². The molecule has 6 rings (SSSR count). The van der Waals surface area contributed by atoms with Crippen LogP contribution in [0, 0.1) is 22.7 Å². The molecule has 3 aromatic carbocycles. The lowest BCUT2D eigenvalue weighted by Gasteiger charge is -2.24. The second kappa shape index (κ2) is 12.6. The molecule has 0 saturated carbocycles. The number of hydrogen-bond donors (Lipinski definition) is 1. The number of ether oxygens (including phenoxy) is 3. The summed E-state index contributed by atoms with van der Waals surface area (Å²) in [7, 11) is 1.59. The van der Waals surface area contributed by atoms with Gasteiger partial charge in [0.15, 0.2) is 0 Å². The highest BCUT2D eigenvalue weighted by atomic mass is 16.5. The monoisotopic (exact) mass is 571 g/mol. The highest BCUT2D eigenvalue weighted by molar-refractivity contribution is 6.45. The molecular weight excluding hydrogens is 538 g/mol. The molecule has 1 N–H and O–H groups in total. The molecule has 216 valence electrons. The van der Waals surface area contributed by atoms with E-state index in [1.165, 1.54) is 0 Å². The molecule has 0 bridgehead atoms. The number of hydrogen-bond acceptors (Lipinski definition) is 7. The number of rotatable bonds is 8. The molecule has 7 nitrogen and oxygen atoms in total. The average molecular weight is 572 g/mol. The van der Waals surface area contributed by atoms with Crippen molar-refractivity contribution in [3.63, 3.8) is 0 Å². The lowest BCUT2D eigenvalue weighted by atomic mass is 9.86. The molecule has 0 radical (unpaired) electrons. The molecule has 1 atom stereocenters. The van der Waals surface area contributed by atoms with Crippen LogP contribution in [-0.2, 0) is 4.74 Å². The van der Waals surface area contributed by atoms with Crippen molar-refractivity contribution in [2.24, 2.45) is 5.92 Å². The number of methoxy groups -OCH3 is 1. The van der Waals surface area contributed by atoms with Crippen molar-refractivity contribution in [3.8, 4) is 39.8 Å². The molecule has 1 fully saturated rings. The van der Waals surface area contributed by atoms with E-state index >= 15 is 0 Å². The van der Waals surface area contributed by atoms with Gasteiger partial charge in [-0.15, -0.1) is 0 Å². The zero-order valence-corrected chi connectivity index (χ0v) is 24.1. The summed E-state index contributed by atoms with van der Waals surface area (Å²) in [4.78, 5) is 17.8. The minimum absolute atomic E-state index is 0.0381. The fourth-order valence-corrected chi connectivity index (χ4v) is 5.90. The summed E-state index contributed by atoms with van der Waals surface area (Å²) in [5.41, 5.74) is 5.52. The van der Waals surface area contributed by atoms with Gasteiger partial charge >= 0.3 is 0 Å². The first-order valence-corrected chi connectivity index (χ1v) is 14.7. The number of fused-ring (bicyclic) bond motifs is 1. The van der Waals surface area contributed by atoms with Gasteiger partial charge in [-0.25, -0.2) is 0 Å². The van der Waals surface area contributed by atoms with Gasteiger partial charge in [0, 0.05) is 41.5 Å². The third kappa shape index (κ3) is 5.93. The minimum atomic E-state index is -0.254. The Morgan fingerprint density at radius 2 is 1.77 bits per heavy atom. The maximum absolute atomic E-state index is 13.1. The summed E-state index contributed by atoms with van der Waals surface area (Å²) < 4.78 is 17.3. The number of Topliss-reactive ketones (excluding diaryl/α,β-unsaturated/α-hetero) is 1. The van der Waals surface area contributed by atoms with Gasteiger partial charge in [-0.2, -0.15) is 5.26 Å². The van der Waals surface area contributed by atoms with Crippen molar-refractivity contribution < 1.29 is 19.0 Å². The lowest BCUT2D eigenvalue weighted by Crippen LogP contribution is -2.26. The molecule has 1 aliphatic heterocycles. The van der Waals surface area contributed by atoms with Crippen LogP contribution in [0.15, 0.2) is 79.0 Å². The second-order valence-electron chi connectivity index (χ2n) is 11.0. The van der Waals surface area contributed by atoms with Crippen molar-refractivity contribution in [2.45, 2.75) is 38.2 Å². The molecule has 4 aromatic rings. The number of allylic oxidation sites excluding steroid dienone is 2. The van der Waals surface area contributed by atoms with E-state index in [0.29, 0.717) is 35.8 Å². The maximum atomic E-state index is 13.1. The van der Waals surface area contributed by atoms with Crippen LogP contribution in [0.1, 0.15) is 48.0 Å². The third-order valence-electron chi connectivity index (χ3n) is 8.31. The van der Waals surface area contributed by atoms with E-state index in [0.717, 1.165) is 65.3 Å². The van der Waals surface area contributed by atoms with Crippen LogP contribution in [-0.4, -0.2) is 42.9 Å². The number of nitriles is 1. The Labute approximate surface area is 251 Å². The molecule has 1 unspecified atom stereocenters. The molecule has 0 amide bonds. The smallest absolute Gasteiger partial charge is 0.206 e. The van der Waals surface area contributed by atoms with Gasteiger partial charge in [-0.05, 0) is 72.4 Å². The van der Waals surface area contributed by atoms with Crippen molar-refractivity contribution in [1.82, 2.24) is 4.98 Å². The third-order valence-corrected chi connectivity index (χ3v) is 8.31. The Morgan fingerprint density at radius 1 is 0.953 bits per heavy atom. The summed E-state index contributed by atoms with van der Waals surface area (Å²) in [6.45, 7) is 1.35. The Bertz CT molecular complexity index is 1760. The summed E-state index contributed by atoms with van der Waals surface area (Å²) in [6.07, 6.45) is 10.1. The van der Waals surface area contributed by atoms with Gasteiger partial charge < -0.3 is 19.6 Å². The Kier molecular flexibility index (Phi) is 8.30. The van der Waals surface area contributed by atoms with Crippen LogP contribution < -0.4 is 9.47 Å². The maximum Gasteiger partial charge on any atom is 0.206 e. The number of pyridine rings is 1. The van der Waals surface area contributed by atoms with Gasteiger partial charge in [0.05, 0.1) is 37.1 Å². The van der Waals surface area contributed by atoms with Crippen LogP contribution in [0.4, 0.5) is 0 Å². The van der Waals surface area contributed by atoms with Crippen molar-refractivity contribution in [1.29, 1.82) is 10.7 Å². The summed E-state index contributed by atoms with van der Waals surface area (Å²) in [5, 5.41) is 19.3. The molecule has 43 heavy (non-hydrogen) atoms. The minimum Gasteiger partial charge on any atom is -0.496 e. The summed E-state index contributed by atoms with van der Waals surface area (Å²) >= 11 is 0. The molecule has 2 aliphatic rings. The predicted octanol–water partition coefficient (Wildman–Crippen LogP) is 7.57. The molecule has 7 heteroatoms. The van der Waals surface area contributed by atoms with E-state index in [-0.39, 0.29) is 23.5 Å². The zero-order valence-electron chi connectivity index (χ0n) is 24.1. The van der Waals surface area contributed by atoms with Crippen LogP contribution in [0.2, 0.25) is 0 Å². The van der Waals surface area contributed by atoms with E-state index in [2.05, 4.69) is 23.2 Å². The topological polar surface area (TPSA) is 105 Å². The number of nitrogens with zero attached hydrogens (tertiary/aromatic N) is 2. The highest BCUT2D eigenvalue weighted by Gasteiger charge is 2.24. The van der Waals surface area contributed by atoms with E-state index in [9.17, 15) is 10.1 Å². The lowest BCUT2D eigenvalue weighted by molar-refractivity contribution is 0.0254. The molecule has 1 aromatic heterocycles. The second-order valence-corrected chi connectivity index (χ2v) is 11.0. The molecule has 1 saturated heterocycles. The van der Waals surface area contributed by atoms with Crippen LogP contribution in [0.25, 0.3) is 33.2 Å². The van der Waals surface area contributed by atoms with E-state index < -0.39 is 0 Å². The SMILES string of the molecule is COc1cc(C(=O)C(=N)C2CC=CCC2)ccc1-c1ccc2c(-c3ccc(OC4CCOCC4)c(C#N)c3)ccnc2c1. The van der Waals surface area contributed by atoms with E-state index in [1.807, 2.05) is 48.5 Å². The first kappa shape index (κ1) is 28.3. The first-order chi connectivity index (χ1) is 21.1. The number of carbonyl (C=O) groups is 1. The normalized spacial score (nSPS) is 16.9. The molecule has 0 spiro atoms. The summed E-state index contributed by atoms with van der Waals surface area (Å²) in [6, 6.07) is 21.4. The molecule has 1 aliphatic carbocycles. The fraction of sp³-hybridized carbons (Fsp3) is 0.278. The Balaban J connectivity index is 1.28. The van der Waals surface area contributed by atoms with E-state index in [1.54, 1.807) is 25.4 Å². The van der Waals surface area contributed by atoms with Gasteiger partial charge in [0.2, 0.25) is 5.78 Å². The average Bonchev–Trinajstić information content (AvgIpc) is 3.07. The highest BCUT2D eigenvalue weighted by Crippen LogP contribution is 2.36. The van der Waals surface area contributed by atoms with Gasteiger partial charge in [-0.3, -0.25) is 9.78 Å². The zero-order chi connectivity index (χ0) is 29.8. The quantitative estimate of drug-likeness (QED) is 0.133. The first-order valence-electron chi connectivity index (χ1n) is 14.7. The van der Waals surface area contributed by atoms with E-state index in [4.69, 9.17) is 19.6 Å².